The van der Waals surface area contributed by atoms with Crippen molar-refractivity contribution in [3.63, 3.8) is 0 Å². The number of aryl methyl sites for hydroxylation is 1. The molecule has 0 saturated carbocycles. The molecule has 4 aliphatic rings. The van der Waals surface area contributed by atoms with E-state index in [9.17, 15) is 28.5 Å². The van der Waals surface area contributed by atoms with Crippen LogP contribution in [0.4, 0.5) is 4.39 Å². The number of ether oxygens (including phenoxy) is 2. The van der Waals surface area contributed by atoms with Crippen LogP contribution in [0.3, 0.4) is 0 Å². The van der Waals surface area contributed by atoms with Crippen LogP contribution in [0.25, 0.3) is 21.1 Å². The number of rotatable bonds is 18. The number of alkyl halides is 1. The monoisotopic (exact) mass is 1200 g/mol. The van der Waals surface area contributed by atoms with E-state index in [0.717, 1.165) is 54.8 Å². The van der Waals surface area contributed by atoms with E-state index in [2.05, 4.69) is 15.5 Å². The van der Waals surface area contributed by atoms with Gasteiger partial charge in [0.2, 0.25) is 29.5 Å². The van der Waals surface area contributed by atoms with Gasteiger partial charge in [0, 0.05) is 37.8 Å². The van der Waals surface area contributed by atoms with Crippen molar-refractivity contribution in [2.75, 3.05) is 45.9 Å². The summed E-state index contributed by atoms with van der Waals surface area (Å²) in [6, 6.07) is 25.7. The van der Waals surface area contributed by atoms with Crippen molar-refractivity contribution >= 4 is 75.5 Å². The summed E-state index contributed by atoms with van der Waals surface area (Å²) in [4.78, 5) is 102. The average molecular weight is 1200 g/mol. The van der Waals surface area contributed by atoms with Gasteiger partial charge in [-0.05, 0) is 141 Å². The smallest absolute Gasteiger partial charge is 0.371 e. The first kappa shape index (κ1) is 61.0. The molecule has 0 bridgehead atoms. The van der Waals surface area contributed by atoms with Gasteiger partial charge in [-0.3, -0.25) is 58.5 Å². The van der Waals surface area contributed by atoms with Crippen LogP contribution in [0, 0.1) is 17.3 Å². The quantitative estimate of drug-likeness (QED) is 0.0242. The number of benzene rings is 4. The zero-order valence-electron chi connectivity index (χ0n) is 48.8. The van der Waals surface area contributed by atoms with Crippen molar-refractivity contribution in [3.8, 4) is 5.75 Å². The number of esters is 1. The van der Waals surface area contributed by atoms with Crippen molar-refractivity contribution in [2.45, 2.75) is 116 Å². The predicted molar refractivity (Wildman–Crippen MR) is 320 cm³/mol. The molecule has 4 aliphatic heterocycles. The van der Waals surface area contributed by atoms with Gasteiger partial charge in [-0.25, -0.2) is 9.18 Å². The molecule has 0 radical (unpaired) electrons. The first-order valence-corrected chi connectivity index (χ1v) is 31.6. The minimum Gasteiger partial charge on any atom is -0.465 e. The van der Waals surface area contributed by atoms with E-state index < -0.39 is 60.8 Å². The van der Waals surface area contributed by atoms with Gasteiger partial charge in [0.25, 0.3) is 5.91 Å². The van der Waals surface area contributed by atoms with Gasteiger partial charge in [0.15, 0.2) is 0 Å². The normalized spacial score (nSPS) is 21.8. The molecule has 0 spiro atoms. The van der Waals surface area contributed by atoms with Gasteiger partial charge < -0.3 is 29.1 Å². The number of para-hydroxylation sites is 1. The SMILES string of the molecule is CCOC(=O)[C@H](C)N(N)P(=O)(Oc1ccccc1)C(F)c1ccc2sc(C(=O)N[C@H](C(=O)N3CC[C@@H](CC4CCN(Cc5ccc6c(c5)n(C)c(=O)n6C5CCC(=O)NC5=O)CC4)[C@H]3C(=O)N3CCO[C@H](c4ccccc4)C3)C(C)(C)C)cc2c1. The van der Waals surface area contributed by atoms with Crippen molar-refractivity contribution in [3.05, 3.63) is 135 Å². The molecular weight excluding hydrogens is 1130 g/mol. The highest BCUT2D eigenvalue weighted by atomic mass is 32.1. The van der Waals surface area contributed by atoms with Crippen molar-refractivity contribution < 1.29 is 51.7 Å². The van der Waals surface area contributed by atoms with E-state index in [0.29, 0.717) is 65.1 Å². The summed E-state index contributed by atoms with van der Waals surface area (Å²) in [6.07, 6.45) is 3.13. The number of piperidine rings is 2. The number of carbonyl (C=O) groups is 6. The first-order valence-electron chi connectivity index (χ1n) is 29.2. The Labute approximate surface area is 497 Å². The van der Waals surface area contributed by atoms with Gasteiger partial charge in [-0.1, -0.05) is 81.4 Å². The molecule has 4 fully saturated rings. The van der Waals surface area contributed by atoms with E-state index in [4.69, 9.17) is 19.8 Å². The third-order valence-corrected chi connectivity index (χ3v) is 20.5. The maximum absolute atomic E-state index is 17.0. The lowest BCUT2D eigenvalue weighted by Crippen LogP contribution is -2.59. The molecule has 0 aliphatic carbocycles. The summed E-state index contributed by atoms with van der Waals surface area (Å²) in [7, 11) is -3.05. The predicted octanol–water partition coefficient (Wildman–Crippen LogP) is 8.16. The van der Waals surface area contributed by atoms with Crippen molar-refractivity contribution in [2.24, 2.45) is 30.1 Å². The number of likely N-dealkylation sites (tertiary alicyclic amines) is 2. The first-order chi connectivity index (χ1) is 40.6. The second-order valence-electron chi connectivity index (χ2n) is 23.8. The number of nitrogens with one attached hydrogen (secondary N) is 2. The maximum Gasteiger partial charge on any atom is 0.371 e. The molecule has 4 saturated heterocycles. The van der Waals surface area contributed by atoms with Crippen LogP contribution in [0.5, 0.6) is 5.75 Å². The van der Waals surface area contributed by atoms with E-state index in [1.54, 1.807) is 53.8 Å². The number of nitrogens with two attached hydrogens (primary N) is 1. The highest BCUT2D eigenvalue weighted by molar-refractivity contribution is 7.57. The Bertz CT molecular complexity index is 3580. The van der Waals surface area contributed by atoms with Crippen LogP contribution < -0.4 is 26.7 Å². The Morgan fingerprint density at radius 1 is 0.906 bits per heavy atom. The van der Waals surface area contributed by atoms with Gasteiger partial charge in [-0.2, -0.15) is 0 Å². The van der Waals surface area contributed by atoms with Crippen LogP contribution in [-0.4, -0.2) is 128 Å². The van der Waals surface area contributed by atoms with Crippen LogP contribution in [0.1, 0.15) is 118 Å². The Morgan fingerprint density at radius 3 is 2.32 bits per heavy atom. The minimum atomic E-state index is -4.74. The van der Waals surface area contributed by atoms with Crippen LogP contribution in [0.2, 0.25) is 0 Å². The average Bonchev–Trinajstić information content (AvgIpc) is 2.30. The van der Waals surface area contributed by atoms with Gasteiger partial charge in [-0.15, -0.1) is 16.1 Å². The molecule has 5 amide bonds. The lowest BCUT2D eigenvalue weighted by Gasteiger charge is -2.40. The summed E-state index contributed by atoms with van der Waals surface area (Å²) in [6.45, 7) is 12.1. The number of aromatic nitrogens is 2. The molecule has 4 N–H and O–H groups in total. The summed E-state index contributed by atoms with van der Waals surface area (Å²) in [5.74, 6) is 1.43. The van der Waals surface area contributed by atoms with E-state index in [-0.39, 0.29) is 77.0 Å². The van der Waals surface area contributed by atoms with E-state index in [1.165, 1.54) is 35.8 Å². The van der Waals surface area contributed by atoms with Gasteiger partial charge in [0.1, 0.15) is 36.0 Å². The molecule has 2 aromatic heterocycles. The Morgan fingerprint density at radius 2 is 1.62 bits per heavy atom. The lowest BCUT2D eigenvalue weighted by atomic mass is 9.82. The number of amides is 5. The number of hydrogen-bond acceptors (Lipinski definition) is 14. The lowest BCUT2D eigenvalue weighted by molar-refractivity contribution is -0.152. The topological polar surface area (TPSA) is 237 Å². The Hall–Kier alpha value is -7.07. The number of hydrogen-bond donors (Lipinski definition) is 3. The van der Waals surface area contributed by atoms with Gasteiger partial charge in [0.05, 0.1) is 35.7 Å². The zero-order valence-corrected chi connectivity index (χ0v) is 50.5. The minimum absolute atomic E-state index is 0.0194. The zero-order chi connectivity index (χ0) is 60.5. The molecule has 3 unspecified atom stereocenters. The van der Waals surface area contributed by atoms with Crippen LogP contribution >= 0.6 is 18.9 Å². The number of imidazole rings is 1. The number of halogens is 1. The molecule has 8 atom stereocenters. The maximum atomic E-state index is 17.0. The van der Waals surface area contributed by atoms with Gasteiger partial charge >= 0.3 is 19.2 Å². The third kappa shape index (κ3) is 12.9. The standard InChI is InChI=1S/C62H75FN9O11PS/c1-7-81-60(78)38(2)72(64)84(80,83-45-16-12-9-13-17-45)55(63)43-19-22-50-44(34-43)35-51(85-50)57(75)66-54(62(3,4)5)59(77)70-29-26-42(53(70)58(76)69-30-31-82-49(37-69)41-14-10-8-11-15-41)32-39-24-27-68(28-25-39)36-40-18-20-46-48(33-40)67(6)61(79)71(46)47-21-23-52(73)65-56(47)74/h8-20,22,33-35,38-39,42,47,49,53-55H,7,21,23-32,36-37,64H2,1-6H3,(H,66,75)(H,65,73,74)/t38-,42-,47?,49-,53-,54+,55?,84?/m0/s1. The number of imide groups is 1. The number of hydrazine groups is 1. The number of carbonyl (C=O) groups excluding carboxylic acids is 6. The molecular formula is C62H75FN9O11PS. The van der Waals surface area contributed by atoms with E-state index >= 15 is 14.0 Å². The highest BCUT2D eigenvalue weighted by Crippen LogP contribution is 2.62. The molecule has 6 aromatic rings. The molecule has 6 heterocycles. The second kappa shape index (κ2) is 25.5. The largest absolute Gasteiger partial charge is 0.465 e. The molecule has 85 heavy (non-hydrogen) atoms. The summed E-state index contributed by atoms with van der Waals surface area (Å²) in [5.41, 5.74) is 2.10. The molecule has 20 nitrogen and oxygen atoms in total. The Kier molecular flexibility index (Phi) is 18.3. The molecule has 10 rings (SSSR count). The number of morpholine rings is 1. The fourth-order valence-corrected chi connectivity index (χ4v) is 15.3. The highest BCUT2D eigenvalue weighted by Gasteiger charge is 2.50. The summed E-state index contributed by atoms with van der Waals surface area (Å²) >= 11 is 1.14. The molecule has 452 valence electrons. The summed E-state index contributed by atoms with van der Waals surface area (Å²) < 4.78 is 53.1. The van der Waals surface area contributed by atoms with Crippen LogP contribution in [0.15, 0.2) is 108 Å². The van der Waals surface area contributed by atoms with Crippen molar-refractivity contribution in [1.29, 1.82) is 0 Å². The fourth-order valence-electron chi connectivity index (χ4n) is 12.4. The number of thiophene rings is 1. The third-order valence-electron chi connectivity index (χ3n) is 17.1. The fraction of sp³-hybridized carbons (Fsp3) is 0.468. The second-order valence-corrected chi connectivity index (χ2v) is 27.1. The molecule has 4 aromatic carbocycles. The molecule has 23 heteroatoms. The van der Waals surface area contributed by atoms with Crippen LogP contribution in [-0.2, 0) is 51.6 Å². The van der Waals surface area contributed by atoms with E-state index in [1.807, 2.05) is 74.2 Å². The van der Waals surface area contributed by atoms with Crippen molar-refractivity contribution in [1.82, 2.24) is 39.2 Å². The summed E-state index contributed by atoms with van der Waals surface area (Å²) in [5, 5.41) is 5.87. The number of fused-ring (bicyclic) bond motifs is 2. The Balaban J connectivity index is 0.853. The number of nitrogens with zero attached hydrogens (tertiary/aromatic N) is 6.